The van der Waals surface area contributed by atoms with E-state index in [2.05, 4.69) is 4.98 Å². The standard InChI is InChI=1S/C13H16F4N2/c1-2-8-6-4-3-5-7-19(8)11-9(14)12(16)18-13(17)10(11)15/h8H,2-7H2,1H3. The molecular weight excluding hydrogens is 260 g/mol. The first-order valence-corrected chi connectivity index (χ1v) is 6.52. The van der Waals surface area contributed by atoms with Crippen molar-refractivity contribution in [2.75, 3.05) is 11.4 Å². The van der Waals surface area contributed by atoms with Gasteiger partial charge in [0, 0.05) is 12.6 Å². The SMILES string of the molecule is CCC1CCCCCN1c1c(F)c(F)nc(F)c1F. The lowest BCUT2D eigenvalue weighted by atomic mass is 10.1. The van der Waals surface area contributed by atoms with E-state index in [4.69, 9.17) is 0 Å². The lowest BCUT2D eigenvalue weighted by Crippen LogP contribution is -2.36. The van der Waals surface area contributed by atoms with Crippen molar-refractivity contribution in [3.05, 3.63) is 23.5 Å². The number of pyridine rings is 1. The molecule has 1 fully saturated rings. The number of hydrogen-bond acceptors (Lipinski definition) is 2. The number of nitrogens with zero attached hydrogens (tertiary/aromatic N) is 2. The first-order valence-electron chi connectivity index (χ1n) is 6.52. The summed E-state index contributed by atoms with van der Waals surface area (Å²) in [6.07, 6.45) is 4.09. The van der Waals surface area contributed by atoms with E-state index in [1.807, 2.05) is 6.92 Å². The van der Waals surface area contributed by atoms with Crippen LogP contribution in [0.2, 0.25) is 0 Å². The van der Waals surface area contributed by atoms with Crippen LogP contribution in [0.4, 0.5) is 23.2 Å². The third-order valence-corrected chi connectivity index (χ3v) is 3.61. The smallest absolute Gasteiger partial charge is 0.253 e. The van der Waals surface area contributed by atoms with E-state index in [9.17, 15) is 17.6 Å². The second kappa shape index (κ2) is 5.75. The van der Waals surface area contributed by atoms with Crippen LogP contribution in [-0.2, 0) is 0 Å². The summed E-state index contributed by atoms with van der Waals surface area (Å²) in [5, 5.41) is 0. The summed E-state index contributed by atoms with van der Waals surface area (Å²) < 4.78 is 53.9. The Labute approximate surface area is 109 Å². The zero-order chi connectivity index (χ0) is 14.0. The predicted octanol–water partition coefficient (Wildman–Crippen LogP) is 3.80. The molecule has 1 atom stereocenters. The molecule has 0 aliphatic carbocycles. The highest BCUT2D eigenvalue weighted by Crippen LogP contribution is 2.31. The van der Waals surface area contributed by atoms with Crippen molar-refractivity contribution in [2.24, 2.45) is 0 Å². The molecule has 1 aliphatic rings. The van der Waals surface area contributed by atoms with Gasteiger partial charge < -0.3 is 4.90 Å². The summed E-state index contributed by atoms with van der Waals surface area (Å²) >= 11 is 0. The van der Waals surface area contributed by atoms with Crippen LogP contribution in [-0.4, -0.2) is 17.6 Å². The van der Waals surface area contributed by atoms with Crippen molar-refractivity contribution >= 4 is 5.69 Å². The highest BCUT2D eigenvalue weighted by molar-refractivity contribution is 5.49. The minimum absolute atomic E-state index is 0.104. The molecule has 0 spiro atoms. The van der Waals surface area contributed by atoms with Crippen molar-refractivity contribution in [3.8, 4) is 0 Å². The Morgan fingerprint density at radius 3 is 2.26 bits per heavy atom. The van der Waals surface area contributed by atoms with Gasteiger partial charge in [0.15, 0.2) is 0 Å². The largest absolute Gasteiger partial charge is 0.364 e. The maximum absolute atomic E-state index is 13.8. The van der Waals surface area contributed by atoms with Gasteiger partial charge in [-0.15, -0.1) is 0 Å². The fourth-order valence-electron chi connectivity index (χ4n) is 2.62. The molecular formula is C13H16F4N2. The Kier molecular flexibility index (Phi) is 4.27. The molecule has 0 amide bonds. The molecule has 1 aliphatic heterocycles. The summed E-state index contributed by atoms with van der Waals surface area (Å²) in [4.78, 5) is 4.04. The maximum atomic E-state index is 13.8. The van der Waals surface area contributed by atoms with E-state index in [0.29, 0.717) is 13.0 Å². The van der Waals surface area contributed by atoms with Gasteiger partial charge in [0.1, 0.15) is 5.69 Å². The Morgan fingerprint density at radius 2 is 1.68 bits per heavy atom. The highest BCUT2D eigenvalue weighted by atomic mass is 19.2. The molecule has 1 saturated heterocycles. The first-order chi connectivity index (χ1) is 9.06. The number of halogens is 4. The second-order valence-electron chi connectivity index (χ2n) is 4.77. The van der Waals surface area contributed by atoms with Crippen molar-refractivity contribution in [2.45, 2.75) is 45.1 Å². The van der Waals surface area contributed by atoms with E-state index in [0.717, 1.165) is 25.7 Å². The van der Waals surface area contributed by atoms with E-state index in [1.54, 1.807) is 0 Å². The van der Waals surface area contributed by atoms with Crippen LogP contribution in [0.5, 0.6) is 0 Å². The minimum atomic E-state index is -1.59. The van der Waals surface area contributed by atoms with Crippen LogP contribution >= 0.6 is 0 Å². The van der Waals surface area contributed by atoms with E-state index in [-0.39, 0.29) is 6.04 Å². The monoisotopic (exact) mass is 276 g/mol. The number of rotatable bonds is 2. The fraction of sp³-hybridized carbons (Fsp3) is 0.615. The third kappa shape index (κ3) is 2.67. The van der Waals surface area contributed by atoms with Gasteiger partial charge in [0.2, 0.25) is 11.6 Å². The van der Waals surface area contributed by atoms with Crippen molar-refractivity contribution in [1.82, 2.24) is 4.98 Å². The van der Waals surface area contributed by atoms with Crippen LogP contribution in [0.25, 0.3) is 0 Å². The number of anilines is 1. The topological polar surface area (TPSA) is 16.1 Å². The fourth-order valence-corrected chi connectivity index (χ4v) is 2.62. The average Bonchev–Trinajstić information content (AvgIpc) is 2.62. The molecule has 106 valence electrons. The first kappa shape index (κ1) is 14.1. The van der Waals surface area contributed by atoms with E-state index >= 15 is 0 Å². The molecule has 2 rings (SSSR count). The van der Waals surface area contributed by atoms with Gasteiger partial charge in [-0.2, -0.15) is 22.5 Å². The van der Waals surface area contributed by atoms with Gasteiger partial charge in [-0.25, -0.2) is 0 Å². The molecule has 19 heavy (non-hydrogen) atoms. The predicted molar refractivity (Wildman–Crippen MR) is 64.0 cm³/mol. The molecule has 0 saturated carbocycles. The lowest BCUT2D eigenvalue weighted by Gasteiger charge is -2.31. The molecule has 2 heterocycles. The quantitative estimate of drug-likeness (QED) is 0.603. The molecule has 0 bridgehead atoms. The van der Waals surface area contributed by atoms with Gasteiger partial charge >= 0.3 is 0 Å². The Bertz CT molecular complexity index is 438. The number of hydrogen-bond donors (Lipinski definition) is 0. The van der Waals surface area contributed by atoms with Gasteiger partial charge in [-0.1, -0.05) is 19.8 Å². The maximum Gasteiger partial charge on any atom is 0.253 e. The molecule has 0 radical (unpaired) electrons. The van der Waals surface area contributed by atoms with Gasteiger partial charge in [0.25, 0.3) is 11.9 Å². The molecule has 0 N–H and O–H groups in total. The molecule has 6 heteroatoms. The second-order valence-corrected chi connectivity index (χ2v) is 4.77. The zero-order valence-corrected chi connectivity index (χ0v) is 10.7. The zero-order valence-electron chi connectivity index (χ0n) is 10.7. The third-order valence-electron chi connectivity index (χ3n) is 3.61. The van der Waals surface area contributed by atoms with Crippen LogP contribution < -0.4 is 4.90 Å². The molecule has 1 unspecified atom stereocenters. The minimum Gasteiger partial charge on any atom is -0.364 e. The summed E-state index contributed by atoms with van der Waals surface area (Å²) in [6.45, 7) is 2.29. The average molecular weight is 276 g/mol. The van der Waals surface area contributed by atoms with Crippen molar-refractivity contribution in [1.29, 1.82) is 0 Å². The van der Waals surface area contributed by atoms with Crippen LogP contribution in [0.15, 0.2) is 0 Å². The summed E-state index contributed by atoms with van der Waals surface area (Å²) in [5.74, 6) is -5.99. The Morgan fingerprint density at radius 1 is 1.05 bits per heavy atom. The summed E-state index contributed by atoms with van der Waals surface area (Å²) in [7, 11) is 0. The molecule has 2 nitrogen and oxygen atoms in total. The molecule has 1 aromatic heterocycles. The van der Waals surface area contributed by atoms with Crippen LogP contribution in [0, 0.1) is 23.5 Å². The normalized spacial score (nSPS) is 20.5. The molecule has 0 aromatic carbocycles. The summed E-state index contributed by atoms with van der Waals surface area (Å²) in [6, 6.07) is -0.104. The number of aromatic nitrogens is 1. The Balaban J connectivity index is 2.49. The summed E-state index contributed by atoms with van der Waals surface area (Å²) in [5.41, 5.74) is -0.612. The van der Waals surface area contributed by atoms with E-state index in [1.165, 1.54) is 4.90 Å². The molecule has 1 aromatic rings. The van der Waals surface area contributed by atoms with Crippen molar-refractivity contribution < 1.29 is 17.6 Å². The highest BCUT2D eigenvalue weighted by Gasteiger charge is 2.29. The van der Waals surface area contributed by atoms with Crippen LogP contribution in [0.1, 0.15) is 39.0 Å². The Hall–Kier alpha value is -1.33. The van der Waals surface area contributed by atoms with Crippen molar-refractivity contribution in [3.63, 3.8) is 0 Å². The van der Waals surface area contributed by atoms with Gasteiger partial charge in [-0.3, -0.25) is 0 Å². The lowest BCUT2D eigenvalue weighted by molar-refractivity contribution is 0.400. The van der Waals surface area contributed by atoms with Crippen LogP contribution in [0.3, 0.4) is 0 Å². The van der Waals surface area contributed by atoms with E-state index < -0.39 is 29.2 Å². The van der Waals surface area contributed by atoms with Gasteiger partial charge in [-0.05, 0) is 19.3 Å². The van der Waals surface area contributed by atoms with Gasteiger partial charge in [0.05, 0.1) is 0 Å².